The van der Waals surface area contributed by atoms with Crippen LogP contribution in [0.15, 0.2) is 0 Å². The maximum Gasteiger partial charge on any atom is 0.197 e. The van der Waals surface area contributed by atoms with E-state index in [2.05, 4.69) is 45.2 Å². The molecule has 0 amide bonds. The van der Waals surface area contributed by atoms with Crippen LogP contribution in [0.2, 0.25) is 0 Å². The highest BCUT2D eigenvalue weighted by molar-refractivity contribution is 7.09. The maximum atomic E-state index is 5.70. The molecule has 0 aliphatic carbocycles. The minimum absolute atomic E-state index is 0.306. The number of likely N-dealkylation sites (N-methyl/N-ethyl adjacent to an activating group) is 3. The monoisotopic (exact) mass is 235 g/mol. The molecule has 2 unspecified atom stereocenters. The third-order valence-electron chi connectivity index (χ3n) is 2.90. The van der Waals surface area contributed by atoms with Gasteiger partial charge in [-0.3, -0.25) is 9.80 Å². The highest BCUT2D eigenvalue weighted by Crippen LogP contribution is 2.29. The second-order valence-electron chi connectivity index (χ2n) is 4.45. The van der Waals surface area contributed by atoms with E-state index in [0.29, 0.717) is 6.04 Å². The van der Waals surface area contributed by atoms with Gasteiger partial charge < -0.3 is 9.42 Å². The second-order valence-corrected chi connectivity index (χ2v) is 4.69. The lowest BCUT2D eigenvalue weighted by Gasteiger charge is -2.50. The summed E-state index contributed by atoms with van der Waals surface area (Å²) in [4.78, 5) is 6.41. The molecule has 2 atom stereocenters. The molecule has 0 fully saturated rings. The summed E-state index contributed by atoms with van der Waals surface area (Å²) in [7, 11) is 14.7. The Bertz CT molecular complexity index is 178. The fourth-order valence-corrected chi connectivity index (χ4v) is 2.83. The zero-order chi connectivity index (χ0) is 12.2. The van der Waals surface area contributed by atoms with Gasteiger partial charge in [0.15, 0.2) is 5.85 Å². The summed E-state index contributed by atoms with van der Waals surface area (Å²) in [6.45, 7) is 2.18. The quantitative estimate of drug-likeness (QED) is 0.503. The van der Waals surface area contributed by atoms with Gasteiger partial charge in [-0.2, -0.15) is 0 Å². The molecule has 0 radical (unpaired) electrons. The van der Waals surface area contributed by atoms with Gasteiger partial charge in [-0.25, -0.2) is 0 Å². The van der Waals surface area contributed by atoms with Crippen LogP contribution >= 0.6 is 9.47 Å². The van der Waals surface area contributed by atoms with Crippen molar-refractivity contribution in [2.75, 3.05) is 42.3 Å². The minimum Gasteiger partial charge on any atom is -0.329 e. The lowest BCUT2D eigenvalue weighted by atomic mass is 10.1. The van der Waals surface area contributed by atoms with Crippen LogP contribution in [0.1, 0.15) is 13.3 Å². The summed E-state index contributed by atoms with van der Waals surface area (Å²) >= 11 is 0. The number of hydrogen-bond acceptors (Lipinski definition) is 4. The molecule has 0 rings (SSSR count). The molecule has 0 aliphatic heterocycles. The van der Waals surface area contributed by atoms with Crippen molar-refractivity contribution in [3.8, 4) is 0 Å². The molecule has 0 saturated carbocycles. The first-order valence-electron chi connectivity index (χ1n) is 5.23. The molecule has 0 saturated heterocycles. The molecule has 0 aliphatic rings. The van der Waals surface area contributed by atoms with Crippen LogP contribution < -0.4 is 0 Å². The zero-order valence-electron chi connectivity index (χ0n) is 11.1. The van der Waals surface area contributed by atoms with Gasteiger partial charge in [0.2, 0.25) is 0 Å². The van der Waals surface area contributed by atoms with Gasteiger partial charge >= 0.3 is 0 Å². The molecule has 0 N–H and O–H groups in total. The molecule has 0 heterocycles. The van der Waals surface area contributed by atoms with E-state index in [1.165, 1.54) is 0 Å². The van der Waals surface area contributed by atoms with Crippen LogP contribution in [0.5, 0.6) is 0 Å². The van der Waals surface area contributed by atoms with E-state index in [0.717, 1.165) is 6.42 Å². The molecular weight excluding hydrogens is 209 g/mol. The standard InChI is InChI=1S/C10H26N3OP/c1-8-9(11(2)3)10(14-15,12(4)5)13(6)7/h9H,8,15H2,1-7H3. The molecule has 0 bridgehead atoms. The number of nitrogens with zero attached hydrogens (tertiary/aromatic N) is 3. The van der Waals surface area contributed by atoms with E-state index >= 15 is 0 Å². The van der Waals surface area contributed by atoms with Crippen LogP contribution in [0.3, 0.4) is 0 Å². The third kappa shape index (κ3) is 2.89. The van der Waals surface area contributed by atoms with Crippen LogP contribution in [-0.4, -0.2) is 68.9 Å². The minimum atomic E-state index is -0.414. The first kappa shape index (κ1) is 15.3. The van der Waals surface area contributed by atoms with Crippen molar-refractivity contribution in [1.82, 2.24) is 14.7 Å². The average molecular weight is 235 g/mol. The summed E-state index contributed by atoms with van der Waals surface area (Å²) in [5, 5.41) is 0. The molecule has 0 aromatic rings. The smallest absolute Gasteiger partial charge is 0.197 e. The van der Waals surface area contributed by atoms with Crippen LogP contribution in [0.4, 0.5) is 0 Å². The van der Waals surface area contributed by atoms with E-state index < -0.39 is 5.85 Å². The molecule has 0 spiro atoms. The number of hydrogen-bond donors (Lipinski definition) is 0. The van der Waals surface area contributed by atoms with Crippen molar-refractivity contribution in [2.24, 2.45) is 0 Å². The Balaban J connectivity index is 5.21. The highest BCUT2D eigenvalue weighted by atomic mass is 31.0. The normalized spacial score (nSPS) is 15.4. The third-order valence-corrected chi connectivity index (χ3v) is 3.25. The Kier molecular flexibility index (Phi) is 6.23. The molecule has 15 heavy (non-hydrogen) atoms. The van der Waals surface area contributed by atoms with Crippen LogP contribution in [-0.2, 0) is 4.52 Å². The summed E-state index contributed by atoms with van der Waals surface area (Å²) in [6.07, 6.45) is 1.03. The van der Waals surface area contributed by atoms with E-state index in [4.69, 9.17) is 4.52 Å². The zero-order valence-corrected chi connectivity index (χ0v) is 12.3. The Morgan fingerprint density at radius 1 is 1.07 bits per heavy atom. The molecule has 0 aromatic heterocycles. The fraction of sp³-hybridized carbons (Fsp3) is 1.00. The molecule has 0 aromatic carbocycles. The Hall–Kier alpha value is 0.270. The van der Waals surface area contributed by atoms with Crippen molar-refractivity contribution < 1.29 is 4.52 Å². The SMILES string of the molecule is CCC(N(C)C)C(OP)(N(C)C)N(C)C. The van der Waals surface area contributed by atoms with Crippen molar-refractivity contribution in [1.29, 1.82) is 0 Å². The van der Waals surface area contributed by atoms with Crippen molar-refractivity contribution in [3.05, 3.63) is 0 Å². The van der Waals surface area contributed by atoms with Crippen molar-refractivity contribution in [3.63, 3.8) is 0 Å². The van der Waals surface area contributed by atoms with Gasteiger partial charge in [0, 0.05) is 9.47 Å². The second kappa shape index (κ2) is 6.12. The van der Waals surface area contributed by atoms with E-state index in [1.54, 1.807) is 0 Å². The average Bonchev–Trinajstić information content (AvgIpc) is 2.11. The topological polar surface area (TPSA) is 19.0 Å². The predicted octanol–water partition coefficient (Wildman–Crippen LogP) is 0.910. The van der Waals surface area contributed by atoms with Crippen LogP contribution in [0.25, 0.3) is 0 Å². The Morgan fingerprint density at radius 3 is 1.53 bits per heavy atom. The lowest BCUT2D eigenvalue weighted by Crippen LogP contribution is -2.66. The Labute approximate surface area is 96.8 Å². The maximum absolute atomic E-state index is 5.70. The first-order valence-corrected chi connectivity index (χ1v) is 5.70. The Morgan fingerprint density at radius 2 is 1.47 bits per heavy atom. The summed E-state index contributed by atoms with van der Waals surface area (Å²) in [5.41, 5.74) is 0. The lowest BCUT2D eigenvalue weighted by molar-refractivity contribution is -0.192. The predicted molar refractivity (Wildman–Crippen MR) is 68.7 cm³/mol. The largest absolute Gasteiger partial charge is 0.329 e. The summed E-state index contributed by atoms with van der Waals surface area (Å²) < 4.78 is 5.70. The molecule has 92 valence electrons. The summed E-state index contributed by atoms with van der Waals surface area (Å²) in [6, 6.07) is 0.306. The van der Waals surface area contributed by atoms with Gasteiger partial charge in [-0.1, -0.05) is 6.92 Å². The first-order chi connectivity index (χ1) is 6.84. The molecular formula is C10H26N3OP. The van der Waals surface area contributed by atoms with Gasteiger partial charge in [0.25, 0.3) is 0 Å². The number of rotatable bonds is 6. The van der Waals surface area contributed by atoms with Gasteiger partial charge in [-0.15, -0.1) is 0 Å². The molecule has 5 heteroatoms. The fourth-order valence-electron chi connectivity index (χ4n) is 2.25. The van der Waals surface area contributed by atoms with E-state index in [-0.39, 0.29) is 0 Å². The van der Waals surface area contributed by atoms with Crippen molar-refractivity contribution in [2.45, 2.75) is 25.2 Å². The van der Waals surface area contributed by atoms with Crippen molar-refractivity contribution >= 4 is 9.47 Å². The summed E-state index contributed by atoms with van der Waals surface area (Å²) in [5.74, 6) is -0.414. The van der Waals surface area contributed by atoms with Gasteiger partial charge in [-0.05, 0) is 48.7 Å². The van der Waals surface area contributed by atoms with Gasteiger partial charge in [0.05, 0.1) is 6.04 Å². The van der Waals surface area contributed by atoms with Gasteiger partial charge in [0.1, 0.15) is 0 Å². The van der Waals surface area contributed by atoms with E-state index in [9.17, 15) is 0 Å². The molecule has 4 nitrogen and oxygen atoms in total. The highest BCUT2D eigenvalue weighted by Gasteiger charge is 2.44. The van der Waals surface area contributed by atoms with Crippen LogP contribution in [0, 0.1) is 0 Å². The van der Waals surface area contributed by atoms with E-state index in [1.807, 2.05) is 28.2 Å².